The second-order valence-corrected chi connectivity index (χ2v) is 7.16. The first-order valence-corrected chi connectivity index (χ1v) is 8.59. The maximum atomic E-state index is 12.4. The number of hydrogen-bond acceptors (Lipinski definition) is 3. The monoisotopic (exact) mass is 346 g/mol. The van der Waals surface area contributed by atoms with E-state index in [-0.39, 0.29) is 5.91 Å². The van der Waals surface area contributed by atoms with Gasteiger partial charge in [0.2, 0.25) is 11.8 Å². The number of nitrogens with one attached hydrogen (secondary N) is 1. The highest BCUT2D eigenvalue weighted by Crippen LogP contribution is 2.64. The lowest BCUT2D eigenvalue weighted by Gasteiger charge is -2.18. The molecule has 2 rings (SSSR count). The second kappa shape index (κ2) is 6.86. The first-order chi connectivity index (χ1) is 11.7. The van der Waals surface area contributed by atoms with Crippen molar-refractivity contribution in [2.24, 2.45) is 10.8 Å². The van der Waals surface area contributed by atoms with E-state index in [9.17, 15) is 19.5 Å². The van der Waals surface area contributed by atoms with Gasteiger partial charge in [0.15, 0.2) is 5.41 Å². The SMILES string of the molecule is CCN(CC)C(=O)Cc1ccc(NC(=O)C2(C(=O)O)CC2(C)C)cc1. The molecule has 0 aliphatic heterocycles. The van der Waals surface area contributed by atoms with E-state index in [2.05, 4.69) is 5.32 Å². The van der Waals surface area contributed by atoms with Crippen LogP contribution in [-0.4, -0.2) is 40.9 Å². The molecular weight excluding hydrogens is 320 g/mol. The molecule has 0 bridgehead atoms. The van der Waals surface area contributed by atoms with Gasteiger partial charge in [0, 0.05) is 18.8 Å². The molecule has 2 N–H and O–H groups in total. The van der Waals surface area contributed by atoms with E-state index in [1.165, 1.54) is 0 Å². The number of carboxylic acid groups (broad SMARTS) is 1. The van der Waals surface area contributed by atoms with Crippen molar-refractivity contribution < 1.29 is 19.5 Å². The van der Waals surface area contributed by atoms with E-state index in [1.54, 1.807) is 43.0 Å². The number of carboxylic acids is 1. The van der Waals surface area contributed by atoms with Gasteiger partial charge in [-0.1, -0.05) is 26.0 Å². The molecule has 1 unspecified atom stereocenters. The van der Waals surface area contributed by atoms with Crippen LogP contribution >= 0.6 is 0 Å². The summed E-state index contributed by atoms with van der Waals surface area (Å²) < 4.78 is 0. The number of likely N-dealkylation sites (N-methyl/N-ethyl adjacent to an activating group) is 1. The number of carbonyl (C=O) groups excluding carboxylic acids is 2. The maximum Gasteiger partial charge on any atom is 0.319 e. The van der Waals surface area contributed by atoms with Crippen LogP contribution in [0.1, 0.15) is 39.7 Å². The van der Waals surface area contributed by atoms with Crippen molar-refractivity contribution >= 4 is 23.5 Å². The summed E-state index contributed by atoms with van der Waals surface area (Å²) >= 11 is 0. The van der Waals surface area contributed by atoms with Crippen molar-refractivity contribution in [2.45, 2.75) is 40.5 Å². The van der Waals surface area contributed by atoms with E-state index < -0.39 is 22.7 Å². The Morgan fingerprint density at radius 3 is 2.04 bits per heavy atom. The van der Waals surface area contributed by atoms with Gasteiger partial charge in [-0.3, -0.25) is 14.4 Å². The predicted molar refractivity (Wildman–Crippen MR) is 95.2 cm³/mol. The molecule has 1 aliphatic carbocycles. The van der Waals surface area contributed by atoms with Gasteiger partial charge >= 0.3 is 5.97 Å². The van der Waals surface area contributed by atoms with Crippen molar-refractivity contribution in [3.63, 3.8) is 0 Å². The zero-order chi connectivity index (χ0) is 18.8. The minimum atomic E-state index is -1.36. The van der Waals surface area contributed by atoms with Crippen LogP contribution in [0.4, 0.5) is 5.69 Å². The summed E-state index contributed by atoms with van der Waals surface area (Å²) in [5.74, 6) is -1.51. The first kappa shape index (κ1) is 19.0. The summed E-state index contributed by atoms with van der Waals surface area (Å²) in [5, 5.41) is 12.1. The smallest absolute Gasteiger partial charge is 0.319 e. The fourth-order valence-corrected chi connectivity index (χ4v) is 3.28. The van der Waals surface area contributed by atoms with Gasteiger partial charge < -0.3 is 15.3 Å². The van der Waals surface area contributed by atoms with Crippen molar-refractivity contribution in [1.82, 2.24) is 4.90 Å². The molecule has 1 saturated carbocycles. The quantitative estimate of drug-likeness (QED) is 0.743. The maximum absolute atomic E-state index is 12.4. The molecule has 25 heavy (non-hydrogen) atoms. The molecule has 0 aromatic heterocycles. The Hall–Kier alpha value is -2.37. The normalized spacial score (nSPS) is 20.6. The Morgan fingerprint density at radius 2 is 1.64 bits per heavy atom. The molecule has 1 aromatic rings. The average Bonchev–Trinajstić information content (AvgIpc) is 3.15. The molecule has 1 atom stereocenters. The van der Waals surface area contributed by atoms with Crippen molar-refractivity contribution in [3.05, 3.63) is 29.8 Å². The van der Waals surface area contributed by atoms with Crippen molar-refractivity contribution in [1.29, 1.82) is 0 Å². The third-order valence-electron chi connectivity index (χ3n) is 5.17. The number of nitrogens with zero attached hydrogens (tertiary/aromatic N) is 1. The van der Waals surface area contributed by atoms with E-state index >= 15 is 0 Å². The summed E-state index contributed by atoms with van der Waals surface area (Å²) in [6, 6.07) is 6.96. The number of aliphatic carboxylic acids is 1. The van der Waals surface area contributed by atoms with Gasteiger partial charge in [0.05, 0.1) is 6.42 Å². The lowest BCUT2D eigenvalue weighted by molar-refractivity contribution is -0.149. The molecule has 1 fully saturated rings. The van der Waals surface area contributed by atoms with Crippen LogP contribution in [0.25, 0.3) is 0 Å². The van der Waals surface area contributed by atoms with Gasteiger partial charge in [-0.2, -0.15) is 0 Å². The minimum Gasteiger partial charge on any atom is -0.480 e. The van der Waals surface area contributed by atoms with Gasteiger partial charge in [-0.05, 0) is 43.4 Å². The third-order valence-corrected chi connectivity index (χ3v) is 5.17. The van der Waals surface area contributed by atoms with Gasteiger partial charge in [0.25, 0.3) is 0 Å². The van der Waals surface area contributed by atoms with Gasteiger partial charge in [0.1, 0.15) is 0 Å². The van der Waals surface area contributed by atoms with Crippen LogP contribution in [0, 0.1) is 10.8 Å². The number of hydrogen-bond donors (Lipinski definition) is 2. The van der Waals surface area contributed by atoms with E-state index in [4.69, 9.17) is 0 Å². The van der Waals surface area contributed by atoms with Crippen LogP contribution < -0.4 is 5.32 Å². The lowest BCUT2D eigenvalue weighted by atomic mass is 9.95. The third kappa shape index (κ3) is 3.52. The zero-order valence-electron chi connectivity index (χ0n) is 15.3. The second-order valence-electron chi connectivity index (χ2n) is 7.16. The van der Waals surface area contributed by atoms with Gasteiger partial charge in [-0.15, -0.1) is 0 Å². The fourth-order valence-electron chi connectivity index (χ4n) is 3.28. The molecule has 0 spiro atoms. The summed E-state index contributed by atoms with van der Waals surface area (Å²) in [5.41, 5.74) is -0.509. The Morgan fingerprint density at radius 1 is 1.12 bits per heavy atom. The van der Waals surface area contributed by atoms with Crippen molar-refractivity contribution in [2.75, 3.05) is 18.4 Å². The molecule has 0 heterocycles. The summed E-state index contributed by atoms with van der Waals surface area (Å²) in [7, 11) is 0. The lowest BCUT2D eigenvalue weighted by Crippen LogP contribution is -2.35. The number of carbonyl (C=O) groups is 3. The predicted octanol–water partition coefficient (Wildman–Crippen LogP) is 2.54. The van der Waals surface area contributed by atoms with Crippen LogP contribution in [-0.2, 0) is 20.8 Å². The topological polar surface area (TPSA) is 86.7 Å². The molecule has 6 nitrogen and oxygen atoms in total. The molecule has 2 amide bonds. The van der Waals surface area contributed by atoms with Gasteiger partial charge in [-0.25, -0.2) is 0 Å². The Labute approximate surface area is 148 Å². The summed E-state index contributed by atoms with van der Waals surface area (Å²) in [6.07, 6.45) is 0.639. The Kier molecular flexibility index (Phi) is 5.20. The van der Waals surface area contributed by atoms with E-state index in [0.717, 1.165) is 5.56 Å². The summed E-state index contributed by atoms with van der Waals surface area (Å²) in [4.78, 5) is 37.8. The van der Waals surface area contributed by atoms with Crippen LogP contribution in [0.2, 0.25) is 0 Å². The molecule has 1 aliphatic rings. The first-order valence-electron chi connectivity index (χ1n) is 8.59. The summed E-state index contributed by atoms with van der Waals surface area (Å²) in [6.45, 7) is 8.80. The average molecular weight is 346 g/mol. The highest BCUT2D eigenvalue weighted by molar-refractivity contribution is 6.12. The number of anilines is 1. The Balaban J connectivity index is 2.03. The minimum absolute atomic E-state index is 0.0614. The number of rotatable bonds is 7. The molecule has 1 aromatic carbocycles. The highest BCUT2D eigenvalue weighted by atomic mass is 16.4. The zero-order valence-corrected chi connectivity index (χ0v) is 15.3. The number of amides is 2. The molecule has 0 radical (unpaired) electrons. The van der Waals surface area contributed by atoms with Crippen LogP contribution in [0.3, 0.4) is 0 Å². The fraction of sp³-hybridized carbons (Fsp3) is 0.526. The highest BCUT2D eigenvalue weighted by Gasteiger charge is 2.72. The molecule has 0 saturated heterocycles. The number of benzene rings is 1. The van der Waals surface area contributed by atoms with E-state index in [1.807, 2.05) is 13.8 Å². The molecule has 136 valence electrons. The van der Waals surface area contributed by atoms with Crippen molar-refractivity contribution in [3.8, 4) is 0 Å². The van der Waals surface area contributed by atoms with Crippen LogP contribution in [0.15, 0.2) is 24.3 Å². The molecule has 6 heteroatoms. The largest absolute Gasteiger partial charge is 0.480 e. The van der Waals surface area contributed by atoms with Crippen LogP contribution in [0.5, 0.6) is 0 Å². The standard InChI is InChI=1S/C19H26N2O4/c1-5-21(6-2)15(22)11-13-7-9-14(10-8-13)20-16(23)19(17(24)25)12-18(19,3)4/h7-10H,5-6,11-12H2,1-4H3,(H,20,23)(H,24,25). The molecular formula is C19H26N2O4. The van der Waals surface area contributed by atoms with E-state index in [0.29, 0.717) is 31.6 Å². The Bertz CT molecular complexity index is 677.